The minimum absolute atomic E-state index is 0.845. The molecule has 0 fully saturated rings. The summed E-state index contributed by atoms with van der Waals surface area (Å²) >= 11 is 0. The molecule has 1 aromatic heterocycles. The molecule has 2 heteroatoms. The van der Waals surface area contributed by atoms with Crippen molar-refractivity contribution in [2.45, 2.75) is 13.8 Å². The molecule has 1 heterocycles. The average molecular weight is 172 g/mol. The molecular formula is C11H12N2. The third-order valence-electron chi connectivity index (χ3n) is 2.45. The Morgan fingerprint density at radius 3 is 2.77 bits per heavy atom. The molecular weight excluding hydrogens is 160 g/mol. The third-order valence-corrected chi connectivity index (χ3v) is 2.45. The number of nitrogens with zero attached hydrogens (tertiary/aromatic N) is 1. The first-order valence-corrected chi connectivity index (χ1v) is 4.29. The van der Waals surface area contributed by atoms with Crippen LogP contribution in [0.3, 0.4) is 0 Å². The van der Waals surface area contributed by atoms with Crippen LogP contribution in [0.15, 0.2) is 24.5 Å². The number of anilines is 1. The molecule has 0 saturated heterocycles. The third kappa shape index (κ3) is 1.15. The summed E-state index contributed by atoms with van der Waals surface area (Å²) in [4.78, 5) is 4.10. The summed E-state index contributed by atoms with van der Waals surface area (Å²) < 4.78 is 0. The van der Waals surface area contributed by atoms with Gasteiger partial charge in [-0.25, -0.2) is 0 Å². The number of fused-ring (bicyclic) bond motifs is 1. The van der Waals surface area contributed by atoms with E-state index in [4.69, 9.17) is 5.73 Å². The zero-order chi connectivity index (χ0) is 9.42. The van der Waals surface area contributed by atoms with E-state index in [0.29, 0.717) is 0 Å². The van der Waals surface area contributed by atoms with Crippen molar-refractivity contribution < 1.29 is 0 Å². The van der Waals surface area contributed by atoms with Crippen molar-refractivity contribution in [1.29, 1.82) is 0 Å². The molecule has 0 unspecified atom stereocenters. The van der Waals surface area contributed by atoms with Gasteiger partial charge in [0.05, 0.1) is 0 Å². The number of nitrogen functional groups attached to an aromatic ring is 1. The van der Waals surface area contributed by atoms with Crippen LogP contribution >= 0.6 is 0 Å². The first kappa shape index (κ1) is 8.05. The Kier molecular flexibility index (Phi) is 1.69. The SMILES string of the molecule is Cc1cc(N)c(C)c2cnccc12. The second-order valence-corrected chi connectivity index (χ2v) is 3.33. The molecule has 13 heavy (non-hydrogen) atoms. The summed E-state index contributed by atoms with van der Waals surface area (Å²) in [7, 11) is 0. The maximum Gasteiger partial charge on any atom is 0.0353 e. The number of hydrogen-bond acceptors (Lipinski definition) is 2. The summed E-state index contributed by atoms with van der Waals surface area (Å²) in [5.74, 6) is 0. The molecule has 0 aliphatic carbocycles. The summed E-state index contributed by atoms with van der Waals surface area (Å²) in [6.07, 6.45) is 3.68. The Hall–Kier alpha value is -1.57. The van der Waals surface area contributed by atoms with Gasteiger partial charge >= 0.3 is 0 Å². The predicted octanol–water partition coefficient (Wildman–Crippen LogP) is 2.43. The van der Waals surface area contributed by atoms with Gasteiger partial charge in [-0.3, -0.25) is 4.98 Å². The molecule has 0 aliphatic rings. The average Bonchev–Trinajstić information content (AvgIpc) is 2.15. The molecule has 2 N–H and O–H groups in total. The van der Waals surface area contributed by atoms with Crippen LogP contribution in [0.4, 0.5) is 5.69 Å². The van der Waals surface area contributed by atoms with Crippen molar-refractivity contribution in [1.82, 2.24) is 4.98 Å². The summed E-state index contributed by atoms with van der Waals surface area (Å²) in [5.41, 5.74) is 9.03. The molecule has 0 spiro atoms. The van der Waals surface area contributed by atoms with E-state index in [9.17, 15) is 0 Å². The standard InChI is InChI=1S/C11H12N2/c1-7-5-11(12)8(2)10-6-13-4-3-9(7)10/h3-6H,12H2,1-2H3. The normalized spacial score (nSPS) is 10.6. The molecule has 66 valence electrons. The minimum atomic E-state index is 0.845. The molecule has 0 aliphatic heterocycles. The van der Waals surface area contributed by atoms with Crippen LogP contribution in [0.2, 0.25) is 0 Å². The quantitative estimate of drug-likeness (QED) is 0.620. The van der Waals surface area contributed by atoms with E-state index < -0.39 is 0 Å². The number of rotatable bonds is 0. The van der Waals surface area contributed by atoms with E-state index in [1.807, 2.05) is 31.5 Å². The van der Waals surface area contributed by atoms with Crippen LogP contribution in [0.25, 0.3) is 10.8 Å². The first-order chi connectivity index (χ1) is 6.20. The van der Waals surface area contributed by atoms with E-state index in [1.165, 1.54) is 10.9 Å². The molecule has 2 rings (SSSR count). The molecule has 0 saturated carbocycles. The van der Waals surface area contributed by atoms with Crippen LogP contribution in [-0.4, -0.2) is 4.98 Å². The highest BCUT2D eigenvalue weighted by molar-refractivity contribution is 5.91. The number of aromatic nitrogens is 1. The lowest BCUT2D eigenvalue weighted by Crippen LogP contribution is -1.93. The zero-order valence-corrected chi connectivity index (χ0v) is 7.83. The van der Waals surface area contributed by atoms with Gasteiger partial charge in [0.2, 0.25) is 0 Å². The Morgan fingerprint density at radius 1 is 1.23 bits per heavy atom. The van der Waals surface area contributed by atoms with Crippen molar-refractivity contribution >= 4 is 16.5 Å². The Bertz CT molecular complexity index is 461. The molecule has 1 aromatic carbocycles. The van der Waals surface area contributed by atoms with Crippen molar-refractivity contribution in [2.75, 3.05) is 5.73 Å². The van der Waals surface area contributed by atoms with Gasteiger partial charge in [0.25, 0.3) is 0 Å². The summed E-state index contributed by atoms with van der Waals surface area (Å²) in [6.45, 7) is 4.09. The highest BCUT2D eigenvalue weighted by Crippen LogP contribution is 2.25. The van der Waals surface area contributed by atoms with Gasteiger partial charge in [-0.1, -0.05) is 0 Å². The Balaban J connectivity index is 2.97. The van der Waals surface area contributed by atoms with Gasteiger partial charge in [0.1, 0.15) is 0 Å². The molecule has 0 amide bonds. The zero-order valence-electron chi connectivity index (χ0n) is 7.83. The highest BCUT2D eigenvalue weighted by atomic mass is 14.6. The van der Waals surface area contributed by atoms with E-state index in [-0.39, 0.29) is 0 Å². The fraction of sp³-hybridized carbons (Fsp3) is 0.182. The first-order valence-electron chi connectivity index (χ1n) is 4.29. The molecule has 0 atom stereocenters. The van der Waals surface area contributed by atoms with Gasteiger partial charge in [-0.15, -0.1) is 0 Å². The van der Waals surface area contributed by atoms with Crippen molar-refractivity contribution in [3.05, 3.63) is 35.7 Å². The van der Waals surface area contributed by atoms with Crippen LogP contribution in [0.5, 0.6) is 0 Å². The predicted molar refractivity (Wildman–Crippen MR) is 55.6 cm³/mol. The lowest BCUT2D eigenvalue weighted by atomic mass is 10.0. The van der Waals surface area contributed by atoms with E-state index in [2.05, 4.69) is 11.9 Å². The lowest BCUT2D eigenvalue weighted by Gasteiger charge is -2.07. The molecule has 2 nitrogen and oxygen atoms in total. The van der Waals surface area contributed by atoms with Gasteiger partial charge in [-0.2, -0.15) is 0 Å². The highest BCUT2D eigenvalue weighted by Gasteiger charge is 2.03. The van der Waals surface area contributed by atoms with Crippen LogP contribution in [-0.2, 0) is 0 Å². The van der Waals surface area contributed by atoms with Crippen LogP contribution < -0.4 is 5.73 Å². The number of pyridine rings is 1. The monoisotopic (exact) mass is 172 g/mol. The number of benzene rings is 1. The minimum Gasteiger partial charge on any atom is -0.398 e. The van der Waals surface area contributed by atoms with E-state index >= 15 is 0 Å². The molecule has 0 bridgehead atoms. The Labute approximate surface area is 77.4 Å². The lowest BCUT2D eigenvalue weighted by molar-refractivity contribution is 1.34. The topological polar surface area (TPSA) is 38.9 Å². The summed E-state index contributed by atoms with van der Waals surface area (Å²) in [6, 6.07) is 4.04. The van der Waals surface area contributed by atoms with Crippen molar-refractivity contribution in [2.24, 2.45) is 0 Å². The second kappa shape index (κ2) is 2.73. The van der Waals surface area contributed by atoms with Gasteiger partial charge in [0, 0.05) is 23.5 Å². The summed E-state index contributed by atoms with van der Waals surface area (Å²) in [5, 5.41) is 2.39. The maximum absolute atomic E-state index is 5.86. The number of hydrogen-bond donors (Lipinski definition) is 1. The molecule has 2 aromatic rings. The van der Waals surface area contributed by atoms with E-state index in [1.54, 1.807) is 0 Å². The largest absolute Gasteiger partial charge is 0.398 e. The maximum atomic E-state index is 5.86. The van der Waals surface area contributed by atoms with Gasteiger partial charge in [0.15, 0.2) is 0 Å². The smallest absolute Gasteiger partial charge is 0.0353 e. The number of nitrogens with two attached hydrogens (primary N) is 1. The second-order valence-electron chi connectivity index (χ2n) is 3.33. The van der Waals surface area contributed by atoms with Crippen molar-refractivity contribution in [3.63, 3.8) is 0 Å². The van der Waals surface area contributed by atoms with Crippen LogP contribution in [0.1, 0.15) is 11.1 Å². The fourth-order valence-corrected chi connectivity index (χ4v) is 1.61. The number of aryl methyl sites for hydroxylation is 2. The fourth-order valence-electron chi connectivity index (χ4n) is 1.61. The van der Waals surface area contributed by atoms with Crippen LogP contribution in [0, 0.1) is 13.8 Å². The van der Waals surface area contributed by atoms with E-state index in [0.717, 1.165) is 16.6 Å². The van der Waals surface area contributed by atoms with Gasteiger partial charge in [-0.05, 0) is 42.5 Å². The van der Waals surface area contributed by atoms with Crippen molar-refractivity contribution in [3.8, 4) is 0 Å². The Morgan fingerprint density at radius 2 is 2.00 bits per heavy atom. The molecule has 0 radical (unpaired) electrons. The van der Waals surface area contributed by atoms with Gasteiger partial charge < -0.3 is 5.73 Å².